The second-order valence-electron chi connectivity index (χ2n) is 6.67. The normalized spacial score (nSPS) is 14.0. The van der Waals surface area contributed by atoms with Gasteiger partial charge < -0.3 is 10.1 Å². The number of hydrogen-bond acceptors (Lipinski definition) is 5. The number of imide groups is 1. The number of nitrogens with zero attached hydrogens (tertiary/aromatic N) is 1. The van der Waals surface area contributed by atoms with Crippen LogP contribution in [0.1, 0.15) is 29.8 Å². The molecular weight excluding hydrogens is 415 g/mol. The molecule has 0 saturated carbocycles. The monoisotopic (exact) mass is 432 g/mol. The van der Waals surface area contributed by atoms with E-state index in [0.717, 1.165) is 10.5 Å². The minimum atomic E-state index is -0.593. The molecule has 1 heterocycles. The highest BCUT2D eigenvalue weighted by molar-refractivity contribution is 6.48. The molecule has 2 amide bonds. The first kappa shape index (κ1) is 20.9. The molecule has 0 atom stereocenters. The lowest BCUT2D eigenvalue weighted by atomic mass is 10.2. The molecule has 2 aromatic carbocycles. The number of esters is 1. The molecule has 150 valence electrons. The van der Waals surface area contributed by atoms with Gasteiger partial charge in [0.2, 0.25) is 0 Å². The number of nitrogens with one attached hydrogen (secondary N) is 1. The Bertz CT molecular complexity index is 1000. The summed E-state index contributed by atoms with van der Waals surface area (Å²) in [7, 11) is 0. The van der Waals surface area contributed by atoms with Crippen molar-refractivity contribution < 1.29 is 19.1 Å². The van der Waals surface area contributed by atoms with Crippen molar-refractivity contribution >= 4 is 46.7 Å². The molecule has 2 aromatic rings. The second kappa shape index (κ2) is 8.68. The van der Waals surface area contributed by atoms with Crippen molar-refractivity contribution in [2.45, 2.75) is 26.5 Å². The third-order valence-electron chi connectivity index (χ3n) is 4.08. The van der Waals surface area contributed by atoms with E-state index < -0.39 is 17.8 Å². The van der Waals surface area contributed by atoms with Crippen molar-refractivity contribution in [3.8, 4) is 0 Å². The standard InChI is InChI=1S/C21H18Cl2N2O4/c1-12(2)29-21(28)14-4-3-5-16(10-14)24-18-17(23)19(26)25(20(18)27)11-13-6-8-15(22)9-7-13/h3-10,12,24H,11H2,1-2H3. The summed E-state index contributed by atoms with van der Waals surface area (Å²) in [5.41, 5.74) is 1.45. The summed E-state index contributed by atoms with van der Waals surface area (Å²) in [5.74, 6) is -1.63. The fourth-order valence-corrected chi connectivity index (χ4v) is 3.08. The molecule has 0 fully saturated rings. The predicted molar refractivity (Wildman–Crippen MR) is 111 cm³/mol. The predicted octanol–water partition coefficient (Wildman–Crippen LogP) is 4.34. The van der Waals surface area contributed by atoms with Gasteiger partial charge in [0, 0.05) is 10.7 Å². The van der Waals surface area contributed by atoms with Gasteiger partial charge in [-0.1, -0.05) is 41.4 Å². The molecule has 0 aliphatic carbocycles. The average Bonchev–Trinajstić information content (AvgIpc) is 2.87. The van der Waals surface area contributed by atoms with E-state index in [1.54, 1.807) is 56.3 Å². The molecule has 6 nitrogen and oxygen atoms in total. The minimum Gasteiger partial charge on any atom is -0.459 e. The smallest absolute Gasteiger partial charge is 0.338 e. The number of carbonyl (C=O) groups is 3. The van der Waals surface area contributed by atoms with Crippen molar-refractivity contribution in [2.75, 3.05) is 5.32 Å². The molecule has 8 heteroatoms. The van der Waals surface area contributed by atoms with Crippen LogP contribution in [0.2, 0.25) is 5.02 Å². The number of anilines is 1. The first-order valence-electron chi connectivity index (χ1n) is 8.84. The Morgan fingerprint density at radius 2 is 1.76 bits per heavy atom. The maximum Gasteiger partial charge on any atom is 0.338 e. The van der Waals surface area contributed by atoms with Crippen LogP contribution in [0, 0.1) is 0 Å². The van der Waals surface area contributed by atoms with Gasteiger partial charge in [0.1, 0.15) is 10.7 Å². The fourth-order valence-electron chi connectivity index (χ4n) is 2.72. The van der Waals surface area contributed by atoms with Crippen LogP contribution in [0.25, 0.3) is 0 Å². The third kappa shape index (κ3) is 4.78. The molecule has 3 rings (SSSR count). The summed E-state index contributed by atoms with van der Waals surface area (Å²) >= 11 is 12.0. The van der Waals surface area contributed by atoms with E-state index in [1.165, 1.54) is 6.07 Å². The maximum atomic E-state index is 12.7. The molecule has 1 aliphatic heterocycles. The van der Waals surface area contributed by atoms with Gasteiger partial charge >= 0.3 is 5.97 Å². The van der Waals surface area contributed by atoms with Crippen LogP contribution >= 0.6 is 23.2 Å². The molecule has 1 aliphatic rings. The van der Waals surface area contributed by atoms with Crippen molar-refractivity contribution in [1.82, 2.24) is 4.90 Å². The largest absolute Gasteiger partial charge is 0.459 e. The Morgan fingerprint density at radius 3 is 2.41 bits per heavy atom. The third-order valence-corrected chi connectivity index (χ3v) is 4.68. The number of amides is 2. The Balaban J connectivity index is 1.77. The summed E-state index contributed by atoms with van der Waals surface area (Å²) < 4.78 is 5.17. The van der Waals surface area contributed by atoms with Crippen LogP contribution in [0.4, 0.5) is 5.69 Å². The molecular formula is C21H18Cl2N2O4. The summed E-state index contributed by atoms with van der Waals surface area (Å²) in [6.07, 6.45) is -0.258. The Labute approximate surface area is 178 Å². The van der Waals surface area contributed by atoms with Gasteiger partial charge in [-0.25, -0.2) is 4.79 Å². The minimum absolute atomic E-state index is 0.0417. The van der Waals surface area contributed by atoms with Crippen LogP contribution < -0.4 is 5.32 Å². The Morgan fingerprint density at radius 1 is 1.07 bits per heavy atom. The number of ether oxygens (including phenoxy) is 1. The molecule has 0 bridgehead atoms. The van der Waals surface area contributed by atoms with Gasteiger partial charge in [0.05, 0.1) is 18.2 Å². The topological polar surface area (TPSA) is 75.7 Å². The number of hydrogen-bond donors (Lipinski definition) is 1. The van der Waals surface area contributed by atoms with E-state index >= 15 is 0 Å². The van der Waals surface area contributed by atoms with Crippen LogP contribution in [0.3, 0.4) is 0 Å². The van der Waals surface area contributed by atoms with E-state index in [4.69, 9.17) is 27.9 Å². The lowest BCUT2D eigenvalue weighted by molar-refractivity contribution is -0.138. The average molecular weight is 433 g/mol. The van der Waals surface area contributed by atoms with Crippen LogP contribution in [0.15, 0.2) is 59.3 Å². The molecule has 0 unspecified atom stereocenters. The molecule has 1 N–H and O–H groups in total. The number of benzene rings is 2. The van der Waals surface area contributed by atoms with Gasteiger partial charge in [-0.2, -0.15) is 0 Å². The lowest BCUT2D eigenvalue weighted by Crippen LogP contribution is -2.31. The van der Waals surface area contributed by atoms with Gasteiger partial charge in [-0.3, -0.25) is 14.5 Å². The zero-order chi connectivity index (χ0) is 21.1. The SMILES string of the molecule is CC(C)OC(=O)c1cccc(NC2=C(Cl)C(=O)N(Cc3ccc(Cl)cc3)C2=O)c1. The van der Waals surface area contributed by atoms with Crippen LogP contribution in [-0.4, -0.2) is 28.8 Å². The summed E-state index contributed by atoms with van der Waals surface area (Å²) in [6, 6.07) is 13.2. The summed E-state index contributed by atoms with van der Waals surface area (Å²) in [6.45, 7) is 3.57. The first-order valence-corrected chi connectivity index (χ1v) is 9.60. The molecule has 0 aromatic heterocycles. The molecule has 29 heavy (non-hydrogen) atoms. The van der Waals surface area contributed by atoms with Crippen molar-refractivity contribution in [1.29, 1.82) is 0 Å². The summed E-state index contributed by atoms with van der Waals surface area (Å²) in [5, 5.41) is 3.20. The van der Waals surface area contributed by atoms with Gasteiger partial charge in [-0.05, 0) is 49.7 Å². The van der Waals surface area contributed by atoms with E-state index in [0.29, 0.717) is 16.3 Å². The first-order chi connectivity index (χ1) is 13.8. The van der Waals surface area contributed by atoms with Gasteiger partial charge in [-0.15, -0.1) is 0 Å². The zero-order valence-corrected chi connectivity index (χ0v) is 17.3. The second-order valence-corrected chi connectivity index (χ2v) is 7.49. The quantitative estimate of drug-likeness (QED) is 0.542. The van der Waals surface area contributed by atoms with E-state index in [1.807, 2.05) is 0 Å². The Kier molecular flexibility index (Phi) is 6.25. The zero-order valence-electron chi connectivity index (χ0n) is 15.7. The van der Waals surface area contributed by atoms with E-state index in [9.17, 15) is 14.4 Å². The number of rotatable bonds is 6. The van der Waals surface area contributed by atoms with Crippen molar-refractivity contribution in [3.63, 3.8) is 0 Å². The van der Waals surface area contributed by atoms with Crippen molar-refractivity contribution in [2.24, 2.45) is 0 Å². The van der Waals surface area contributed by atoms with Crippen molar-refractivity contribution in [3.05, 3.63) is 75.4 Å². The van der Waals surface area contributed by atoms with Crippen LogP contribution in [0.5, 0.6) is 0 Å². The van der Waals surface area contributed by atoms with Gasteiger partial charge in [0.15, 0.2) is 0 Å². The molecule has 0 spiro atoms. The highest BCUT2D eigenvalue weighted by atomic mass is 35.5. The molecule has 0 radical (unpaired) electrons. The summed E-state index contributed by atoms with van der Waals surface area (Å²) in [4.78, 5) is 38.3. The number of halogens is 2. The van der Waals surface area contributed by atoms with E-state index in [-0.39, 0.29) is 23.4 Å². The Hall–Kier alpha value is -2.83. The number of carbonyl (C=O) groups excluding carboxylic acids is 3. The lowest BCUT2D eigenvalue weighted by Gasteiger charge is -2.15. The van der Waals surface area contributed by atoms with Crippen LogP contribution in [-0.2, 0) is 20.9 Å². The fraction of sp³-hybridized carbons (Fsp3) is 0.190. The highest BCUT2D eigenvalue weighted by Gasteiger charge is 2.37. The van der Waals surface area contributed by atoms with E-state index in [2.05, 4.69) is 5.32 Å². The maximum absolute atomic E-state index is 12.7. The highest BCUT2D eigenvalue weighted by Crippen LogP contribution is 2.27. The molecule has 0 saturated heterocycles. The van der Waals surface area contributed by atoms with Gasteiger partial charge in [0.25, 0.3) is 11.8 Å².